The molecule has 1 aromatic rings. The second kappa shape index (κ2) is 4.68. The van der Waals surface area contributed by atoms with Gasteiger partial charge in [-0.15, -0.1) is 11.8 Å². The van der Waals surface area contributed by atoms with Gasteiger partial charge in [0.1, 0.15) is 0 Å². The van der Waals surface area contributed by atoms with Crippen molar-refractivity contribution in [2.75, 3.05) is 6.26 Å². The van der Waals surface area contributed by atoms with Crippen LogP contribution in [0.1, 0.15) is 30.9 Å². The van der Waals surface area contributed by atoms with Crippen LogP contribution in [0.3, 0.4) is 0 Å². The first-order chi connectivity index (χ1) is 6.17. The van der Waals surface area contributed by atoms with Gasteiger partial charge in [-0.25, -0.2) is 0 Å². The average molecular weight is 196 g/mol. The maximum Gasteiger partial charge on any atom is 0.0682 e. The van der Waals surface area contributed by atoms with Crippen molar-refractivity contribution >= 4 is 11.8 Å². The lowest BCUT2D eigenvalue weighted by Crippen LogP contribution is -1.92. The number of rotatable bonds is 3. The van der Waals surface area contributed by atoms with Crippen LogP contribution in [0, 0.1) is 0 Å². The van der Waals surface area contributed by atoms with Gasteiger partial charge in [-0.3, -0.25) is 0 Å². The van der Waals surface area contributed by atoms with Crippen LogP contribution < -0.4 is 0 Å². The molecule has 0 atom stereocenters. The predicted octanol–water partition coefficient (Wildman–Crippen LogP) is 3.02. The Labute approximate surface area is 84.2 Å². The van der Waals surface area contributed by atoms with E-state index in [1.807, 2.05) is 6.07 Å². The number of benzene rings is 1. The first kappa shape index (κ1) is 10.6. The molecule has 72 valence electrons. The van der Waals surface area contributed by atoms with E-state index in [0.29, 0.717) is 5.92 Å². The monoisotopic (exact) mass is 196 g/mol. The Morgan fingerprint density at radius 1 is 1.31 bits per heavy atom. The highest BCUT2D eigenvalue weighted by Crippen LogP contribution is 2.23. The molecular weight excluding hydrogens is 180 g/mol. The molecule has 0 spiro atoms. The molecule has 0 saturated heterocycles. The largest absolute Gasteiger partial charge is 0.392 e. The van der Waals surface area contributed by atoms with Crippen LogP contribution in [-0.4, -0.2) is 11.4 Å². The van der Waals surface area contributed by atoms with Crippen molar-refractivity contribution in [2.45, 2.75) is 31.3 Å². The van der Waals surface area contributed by atoms with Crippen molar-refractivity contribution < 1.29 is 5.11 Å². The van der Waals surface area contributed by atoms with Crippen LogP contribution in [-0.2, 0) is 6.61 Å². The molecule has 0 radical (unpaired) electrons. The fourth-order valence-corrected chi connectivity index (χ4v) is 1.75. The second-order valence-corrected chi connectivity index (χ2v) is 4.31. The summed E-state index contributed by atoms with van der Waals surface area (Å²) in [6, 6.07) is 6.30. The molecule has 0 aliphatic heterocycles. The van der Waals surface area contributed by atoms with E-state index >= 15 is 0 Å². The smallest absolute Gasteiger partial charge is 0.0682 e. The Balaban J connectivity index is 3.07. The van der Waals surface area contributed by atoms with Crippen LogP contribution in [0.2, 0.25) is 0 Å². The molecule has 0 aliphatic rings. The molecule has 0 bridgehead atoms. The molecule has 0 aliphatic carbocycles. The maximum absolute atomic E-state index is 9.05. The summed E-state index contributed by atoms with van der Waals surface area (Å²) in [5.41, 5.74) is 2.31. The first-order valence-electron chi connectivity index (χ1n) is 4.46. The van der Waals surface area contributed by atoms with Crippen LogP contribution in [0.5, 0.6) is 0 Å². The number of thioether (sulfide) groups is 1. The van der Waals surface area contributed by atoms with E-state index in [4.69, 9.17) is 5.11 Å². The first-order valence-corrected chi connectivity index (χ1v) is 5.68. The lowest BCUT2D eigenvalue weighted by molar-refractivity contribution is 0.281. The summed E-state index contributed by atoms with van der Waals surface area (Å²) in [5.74, 6) is 0.525. The van der Waals surface area contributed by atoms with Gasteiger partial charge in [0.25, 0.3) is 0 Å². The van der Waals surface area contributed by atoms with Gasteiger partial charge in [0.05, 0.1) is 6.61 Å². The summed E-state index contributed by atoms with van der Waals surface area (Å²) >= 11 is 1.72. The zero-order valence-corrected chi connectivity index (χ0v) is 9.19. The Bertz CT molecular complexity index is 259. The normalized spacial score (nSPS) is 10.8. The number of aliphatic hydroxyl groups is 1. The molecule has 0 fully saturated rings. The van der Waals surface area contributed by atoms with E-state index in [1.54, 1.807) is 11.8 Å². The van der Waals surface area contributed by atoms with Crippen LogP contribution in [0.15, 0.2) is 23.1 Å². The van der Waals surface area contributed by atoms with Crippen LogP contribution in [0.25, 0.3) is 0 Å². The summed E-state index contributed by atoms with van der Waals surface area (Å²) in [5, 5.41) is 9.05. The highest BCUT2D eigenvalue weighted by atomic mass is 32.2. The molecule has 0 amide bonds. The minimum atomic E-state index is 0.133. The molecule has 13 heavy (non-hydrogen) atoms. The minimum Gasteiger partial charge on any atom is -0.392 e. The van der Waals surface area contributed by atoms with Crippen molar-refractivity contribution in [3.63, 3.8) is 0 Å². The Kier molecular flexibility index (Phi) is 3.82. The predicted molar refractivity (Wildman–Crippen MR) is 58.2 cm³/mol. The molecule has 2 heteroatoms. The Morgan fingerprint density at radius 3 is 2.46 bits per heavy atom. The van der Waals surface area contributed by atoms with Crippen molar-refractivity contribution in [1.82, 2.24) is 0 Å². The molecule has 0 aromatic heterocycles. The number of hydrogen-bond donors (Lipinski definition) is 1. The van der Waals surface area contributed by atoms with E-state index in [9.17, 15) is 0 Å². The summed E-state index contributed by atoms with van der Waals surface area (Å²) < 4.78 is 0. The minimum absolute atomic E-state index is 0.133. The van der Waals surface area contributed by atoms with Crippen LogP contribution in [0.4, 0.5) is 0 Å². The number of hydrogen-bond acceptors (Lipinski definition) is 2. The zero-order chi connectivity index (χ0) is 9.84. The highest BCUT2D eigenvalue weighted by molar-refractivity contribution is 7.98. The zero-order valence-electron chi connectivity index (χ0n) is 8.37. The van der Waals surface area contributed by atoms with Gasteiger partial charge < -0.3 is 5.11 Å². The van der Waals surface area contributed by atoms with Gasteiger partial charge in [0, 0.05) is 4.90 Å². The van der Waals surface area contributed by atoms with E-state index in [0.717, 1.165) is 5.56 Å². The summed E-state index contributed by atoms with van der Waals surface area (Å²) in [4.78, 5) is 1.23. The third-order valence-electron chi connectivity index (χ3n) is 2.07. The average Bonchev–Trinajstić information content (AvgIpc) is 2.16. The molecule has 1 aromatic carbocycles. The van der Waals surface area contributed by atoms with E-state index in [1.165, 1.54) is 10.5 Å². The lowest BCUT2D eigenvalue weighted by Gasteiger charge is -2.09. The summed E-state index contributed by atoms with van der Waals surface area (Å²) in [7, 11) is 0. The Morgan fingerprint density at radius 2 is 2.00 bits per heavy atom. The van der Waals surface area contributed by atoms with Gasteiger partial charge in [0.15, 0.2) is 0 Å². The summed E-state index contributed by atoms with van der Waals surface area (Å²) in [6.45, 7) is 4.47. The van der Waals surface area contributed by atoms with Crippen molar-refractivity contribution in [3.8, 4) is 0 Å². The van der Waals surface area contributed by atoms with Crippen molar-refractivity contribution in [3.05, 3.63) is 29.3 Å². The van der Waals surface area contributed by atoms with E-state index < -0.39 is 0 Å². The molecule has 1 rings (SSSR count). The SMILES string of the molecule is CSc1cc(CO)cc(C(C)C)c1. The van der Waals surface area contributed by atoms with Crippen molar-refractivity contribution in [2.24, 2.45) is 0 Å². The molecule has 0 heterocycles. The third kappa shape index (κ3) is 2.75. The Hall–Kier alpha value is -0.470. The van der Waals surface area contributed by atoms with Gasteiger partial charge >= 0.3 is 0 Å². The highest BCUT2D eigenvalue weighted by Gasteiger charge is 2.03. The molecule has 0 saturated carbocycles. The summed E-state index contributed by atoms with van der Waals surface area (Å²) in [6.07, 6.45) is 2.06. The fraction of sp³-hybridized carbons (Fsp3) is 0.455. The fourth-order valence-electron chi connectivity index (χ4n) is 1.23. The molecule has 0 unspecified atom stereocenters. The van der Waals surface area contributed by atoms with E-state index in [-0.39, 0.29) is 6.61 Å². The topological polar surface area (TPSA) is 20.2 Å². The number of aliphatic hydroxyl groups excluding tert-OH is 1. The maximum atomic E-state index is 9.05. The molecular formula is C11H16OS. The van der Waals surface area contributed by atoms with Gasteiger partial charge in [-0.2, -0.15) is 0 Å². The quantitative estimate of drug-likeness (QED) is 0.750. The lowest BCUT2D eigenvalue weighted by atomic mass is 10.0. The standard InChI is InChI=1S/C11H16OS/c1-8(2)10-4-9(7-12)5-11(6-10)13-3/h4-6,8,12H,7H2,1-3H3. The van der Waals surface area contributed by atoms with Gasteiger partial charge in [0.2, 0.25) is 0 Å². The van der Waals surface area contributed by atoms with Gasteiger partial charge in [-0.1, -0.05) is 19.9 Å². The molecule has 1 N–H and O–H groups in total. The third-order valence-corrected chi connectivity index (χ3v) is 2.78. The van der Waals surface area contributed by atoms with Crippen LogP contribution >= 0.6 is 11.8 Å². The molecule has 1 nitrogen and oxygen atoms in total. The van der Waals surface area contributed by atoms with Gasteiger partial charge in [-0.05, 0) is 35.4 Å². The van der Waals surface area contributed by atoms with Crippen molar-refractivity contribution in [1.29, 1.82) is 0 Å². The van der Waals surface area contributed by atoms with E-state index in [2.05, 4.69) is 32.2 Å². The second-order valence-electron chi connectivity index (χ2n) is 3.43.